The van der Waals surface area contributed by atoms with E-state index in [2.05, 4.69) is 17.4 Å². The molecular weight excluding hydrogens is 424 g/mol. The molecule has 0 bridgehead atoms. The van der Waals surface area contributed by atoms with Crippen LogP contribution >= 0.6 is 0 Å². The van der Waals surface area contributed by atoms with Crippen LogP contribution in [0.4, 0.5) is 5.69 Å². The van der Waals surface area contributed by atoms with Gasteiger partial charge >= 0.3 is 0 Å². The molecule has 1 saturated heterocycles. The van der Waals surface area contributed by atoms with E-state index in [1.54, 1.807) is 24.3 Å². The highest BCUT2D eigenvalue weighted by Gasteiger charge is 2.20. The normalized spacial score (nSPS) is 14.7. The number of carbonyl (C=O) groups excluding carboxylic acids is 2. The predicted octanol–water partition coefficient (Wildman–Crippen LogP) is 6.17. The number of nitrogens with zero attached hydrogens (tertiary/aromatic N) is 1. The van der Waals surface area contributed by atoms with Crippen molar-refractivity contribution in [3.63, 3.8) is 0 Å². The van der Waals surface area contributed by atoms with Gasteiger partial charge in [0, 0.05) is 24.3 Å². The van der Waals surface area contributed by atoms with Gasteiger partial charge in [0.2, 0.25) is 0 Å². The minimum absolute atomic E-state index is 0.0634. The summed E-state index contributed by atoms with van der Waals surface area (Å²) in [5, 5.41) is 2.92. The lowest BCUT2D eigenvalue weighted by atomic mass is 10.1. The second-order valence-electron chi connectivity index (χ2n) is 8.68. The van der Waals surface area contributed by atoms with Crippen molar-refractivity contribution in [3.8, 4) is 16.9 Å². The topological polar surface area (TPSA) is 58.6 Å². The van der Waals surface area contributed by atoms with Crippen molar-refractivity contribution in [2.24, 2.45) is 0 Å². The number of carbonyl (C=O) groups is 2. The summed E-state index contributed by atoms with van der Waals surface area (Å²) in [4.78, 5) is 27.5. The summed E-state index contributed by atoms with van der Waals surface area (Å²) >= 11 is 0. The molecule has 5 nitrogen and oxygen atoms in total. The van der Waals surface area contributed by atoms with Gasteiger partial charge in [0.1, 0.15) is 5.75 Å². The number of rotatable bonds is 7. The lowest BCUT2D eigenvalue weighted by molar-refractivity contribution is -0.122. The number of anilines is 1. The van der Waals surface area contributed by atoms with E-state index in [-0.39, 0.29) is 11.8 Å². The Bertz CT molecular complexity index is 1070. The van der Waals surface area contributed by atoms with E-state index in [0.29, 0.717) is 23.4 Å². The molecule has 34 heavy (non-hydrogen) atoms. The Balaban J connectivity index is 1.35. The Morgan fingerprint density at radius 2 is 1.44 bits per heavy atom. The quantitative estimate of drug-likeness (QED) is 0.463. The third kappa shape index (κ3) is 6.04. The first-order valence-corrected chi connectivity index (χ1v) is 12.2. The summed E-state index contributed by atoms with van der Waals surface area (Å²) in [5.74, 6) is 0.509. The first-order valence-electron chi connectivity index (χ1n) is 12.2. The van der Waals surface area contributed by atoms with Crippen molar-refractivity contribution in [1.29, 1.82) is 0 Å². The lowest BCUT2D eigenvalue weighted by Gasteiger charge is -2.20. The minimum Gasteiger partial charge on any atom is -0.481 e. The van der Waals surface area contributed by atoms with E-state index in [9.17, 15) is 9.59 Å². The van der Waals surface area contributed by atoms with Crippen LogP contribution in [0, 0.1) is 0 Å². The largest absolute Gasteiger partial charge is 0.481 e. The molecular formula is C29H32N2O3. The van der Waals surface area contributed by atoms with Crippen molar-refractivity contribution in [1.82, 2.24) is 4.90 Å². The van der Waals surface area contributed by atoms with Crippen molar-refractivity contribution >= 4 is 17.5 Å². The van der Waals surface area contributed by atoms with E-state index in [4.69, 9.17) is 4.74 Å². The Labute approximate surface area is 201 Å². The Morgan fingerprint density at radius 3 is 2.06 bits per heavy atom. The molecule has 1 atom stereocenters. The second-order valence-corrected chi connectivity index (χ2v) is 8.68. The monoisotopic (exact) mass is 456 g/mol. The fourth-order valence-electron chi connectivity index (χ4n) is 4.22. The zero-order valence-corrected chi connectivity index (χ0v) is 19.7. The number of likely N-dealkylation sites (tertiary alicyclic amines) is 1. The Morgan fingerprint density at radius 1 is 0.824 bits per heavy atom. The van der Waals surface area contributed by atoms with Crippen LogP contribution in [0.25, 0.3) is 11.1 Å². The number of ether oxygens (including phenoxy) is 1. The average molecular weight is 457 g/mol. The van der Waals surface area contributed by atoms with Gasteiger partial charge in [-0.15, -0.1) is 0 Å². The molecule has 1 heterocycles. The van der Waals surface area contributed by atoms with E-state index in [1.165, 1.54) is 12.8 Å². The van der Waals surface area contributed by atoms with E-state index < -0.39 is 6.10 Å². The first kappa shape index (κ1) is 23.6. The summed E-state index contributed by atoms with van der Waals surface area (Å²) in [6.07, 6.45) is 4.43. The van der Waals surface area contributed by atoms with Gasteiger partial charge in [-0.1, -0.05) is 62.2 Å². The Hall–Kier alpha value is -3.60. The second kappa shape index (κ2) is 11.5. The van der Waals surface area contributed by atoms with Crippen LogP contribution < -0.4 is 10.1 Å². The van der Waals surface area contributed by atoms with Gasteiger partial charge in [-0.05, 0) is 66.8 Å². The van der Waals surface area contributed by atoms with Crippen LogP contribution in [0.15, 0.2) is 78.9 Å². The number of nitrogens with one attached hydrogen (secondary N) is 1. The average Bonchev–Trinajstić information content (AvgIpc) is 3.18. The third-order valence-electron chi connectivity index (χ3n) is 6.20. The maximum atomic E-state index is 12.8. The van der Waals surface area contributed by atoms with Gasteiger partial charge in [-0.25, -0.2) is 0 Å². The van der Waals surface area contributed by atoms with E-state index in [1.807, 2.05) is 54.3 Å². The molecule has 1 unspecified atom stereocenters. The zero-order valence-electron chi connectivity index (χ0n) is 19.7. The molecule has 0 aliphatic carbocycles. The van der Waals surface area contributed by atoms with Crippen LogP contribution in [0.1, 0.15) is 49.4 Å². The van der Waals surface area contributed by atoms with Crippen LogP contribution in [0.2, 0.25) is 0 Å². The fourth-order valence-corrected chi connectivity index (χ4v) is 4.22. The summed E-state index contributed by atoms with van der Waals surface area (Å²) in [6.45, 7) is 3.56. The summed E-state index contributed by atoms with van der Waals surface area (Å²) in [6, 6.07) is 25.0. The van der Waals surface area contributed by atoms with Gasteiger partial charge in [-0.3, -0.25) is 9.59 Å². The highest BCUT2D eigenvalue weighted by molar-refractivity contribution is 5.97. The molecule has 176 valence electrons. The minimum atomic E-state index is -0.610. The van der Waals surface area contributed by atoms with Gasteiger partial charge in [0.15, 0.2) is 6.10 Å². The standard InChI is InChI=1S/C29H32N2O3/c1-2-27(34-26-18-14-23(15-19-26)22-10-6-5-7-11-22)28(32)30-25-16-12-24(13-17-25)29(33)31-20-8-3-4-9-21-31/h5-7,10-19,27H,2-4,8-9,20-21H2,1H3,(H,30,32). The van der Waals surface area contributed by atoms with Crippen LogP contribution in [0.3, 0.4) is 0 Å². The van der Waals surface area contributed by atoms with Gasteiger partial charge in [0.25, 0.3) is 11.8 Å². The number of benzene rings is 3. The summed E-state index contributed by atoms with van der Waals surface area (Å²) < 4.78 is 5.97. The fraction of sp³-hybridized carbons (Fsp3) is 0.310. The van der Waals surface area contributed by atoms with Crippen molar-refractivity contribution in [3.05, 3.63) is 84.4 Å². The van der Waals surface area contributed by atoms with Crippen molar-refractivity contribution in [2.75, 3.05) is 18.4 Å². The third-order valence-corrected chi connectivity index (χ3v) is 6.20. The molecule has 2 amide bonds. The molecule has 3 aromatic rings. The first-order chi connectivity index (χ1) is 16.6. The zero-order chi connectivity index (χ0) is 23.8. The van der Waals surface area contributed by atoms with E-state index >= 15 is 0 Å². The summed E-state index contributed by atoms with van der Waals surface area (Å²) in [5.41, 5.74) is 3.54. The summed E-state index contributed by atoms with van der Waals surface area (Å²) in [7, 11) is 0. The van der Waals surface area contributed by atoms with Crippen LogP contribution in [0.5, 0.6) is 5.75 Å². The van der Waals surface area contributed by atoms with Gasteiger partial charge in [-0.2, -0.15) is 0 Å². The smallest absolute Gasteiger partial charge is 0.265 e. The van der Waals surface area contributed by atoms with E-state index in [0.717, 1.165) is 37.1 Å². The SMILES string of the molecule is CCC(Oc1ccc(-c2ccccc2)cc1)C(=O)Nc1ccc(C(=O)N2CCCCCC2)cc1. The number of hydrogen-bond acceptors (Lipinski definition) is 3. The molecule has 0 aromatic heterocycles. The number of amides is 2. The Kier molecular flexibility index (Phi) is 7.97. The molecule has 0 saturated carbocycles. The maximum Gasteiger partial charge on any atom is 0.265 e. The predicted molar refractivity (Wildman–Crippen MR) is 136 cm³/mol. The van der Waals surface area contributed by atoms with Crippen LogP contribution in [-0.4, -0.2) is 35.9 Å². The van der Waals surface area contributed by atoms with Gasteiger partial charge < -0.3 is 15.0 Å². The molecule has 1 fully saturated rings. The maximum absolute atomic E-state index is 12.8. The molecule has 3 aromatic carbocycles. The van der Waals surface area contributed by atoms with Crippen LogP contribution in [-0.2, 0) is 4.79 Å². The molecule has 0 radical (unpaired) electrons. The molecule has 5 heteroatoms. The molecule has 1 aliphatic rings. The molecule has 1 N–H and O–H groups in total. The highest BCUT2D eigenvalue weighted by atomic mass is 16.5. The van der Waals surface area contributed by atoms with Crippen molar-refractivity contribution < 1.29 is 14.3 Å². The molecule has 1 aliphatic heterocycles. The number of hydrogen-bond donors (Lipinski definition) is 1. The molecule has 0 spiro atoms. The highest BCUT2D eigenvalue weighted by Crippen LogP contribution is 2.23. The van der Waals surface area contributed by atoms with Crippen molar-refractivity contribution in [2.45, 2.75) is 45.1 Å². The molecule has 4 rings (SSSR count). The lowest BCUT2D eigenvalue weighted by Crippen LogP contribution is -2.32. The van der Waals surface area contributed by atoms with Gasteiger partial charge in [0.05, 0.1) is 0 Å².